The standard InChI is InChI=1S/C27H23N7/c1-17(19-6-8-31-25(10-19)27(3,4)16-29)34-23-11-24(18(2)32-15-23)22-9-21(12-28)26(33-14-22)20-5-7-30-13-20/h5-11,13-15,30,34H,1H2,2-4H3. The van der Waals surface area contributed by atoms with Crippen molar-refractivity contribution < 1.29 is 0 Å². The summed E-state index contributed by atoms with van der Waals surface area (Å²) in [6.07, 6.45) is 8.78. The zero-order chi connectivity index (χ0) is 24.3. The van der Waals surface area contributed by atoms with Crippen molar-refractivity contribution in [3.05, 3.63) is 90.4 Å². The number of nitriles is 2. The van der Waals surface area contributed by atoms with Crippen LogP contribution in [-0.2, 0) is 5.41 Å². The maximum Gasteiger partial charge on any atom is 0.101 e. The third-order valence-electron chi connectivity index (χ3n) is 5.60. The minimum atomic E-state index is -0.702. The highest BCUT2D eigenvalue weighted by molar-refractivity contribution is 5.79. The third-order valence-corrected chi connectivity index (χ3v) is 5.60. The van der Waals surface area contributed by atoms with E-state index in [0.29, 0.717) is 22.6 Å². The lowest BCUT2D eigenvalue weighted by molar-refractivity contribution is 0.659. The van der Waals surface area contributed by atoms with Gasteiger partial charge in [0.15, 0.2) is 0 Å². The first kappa shape index (κ1) is 22.4. The van der Waals surface area contributed by atoms with Gasteiger partial charge in [-0.15, -0.1) is 0 Å². The fourth-order valence-electron chi connectivity index (χ4n) is 3.56. The second-order valence-corrected chi connectivity index (χ2v) is 8.46. The van der Waals surface area contributed by atoms with Gasteiger partial charge in [-0.1, -0.05) is 6.58 Å². The molecule has 7 nitrogen and oxygen atoms in total. The van der Waals surface area contributed by atoms with Gasteiger partial charge in [0, 0.05) is 58.4 Å². The molecule has 4 rings (SSSR count). The predicted molar refractivity (Wildman–Crippen MR) is 132 cm³/mol. The van der Waals surface area contributed by atoms with Crippen LogP contribution in [0.15, 0.2) is 67.9 Å². The van der Waals surface area contributed by atoms with Gasteiger partial charge in [-0.3, -0.25) is 15.0 Å². The average Bonchev–Trinajstić information content (AvgIpc) is 3.39. The first-order valence-electron chi connectivity index (χ1n) is 10.7. The van der Waals surface area contributed by atoms with E-state index in [1.807, 2.05) is 57.3 Å². The lowest BCUT2D eigenvalue weighted by Gasteiger charge is -2.17. The SMILES string of the molecule is C=C(Nc1cnc(C)c(-c2cnc(-c3cc[nH]c3)c(C#N)c2)c1)c1ccnc(C(C)(C)C#N)c1. The van der Waals surface area contributed by atoms with Gasteiger partial charge in [0.05, 0.1) is 40.3 Å². The minimum absolute atomic E-state index is 0.490. The number of hydrogen-bond donors (Lipinski definition) is 2. The molecule has 0 aliphatic carbocycles. The molecule has 2 N–H and O–H groups in total. The quantitative estimate of drug-likeness (QED) is 0.399. The summed E-state index contributed by atoms with van der Waals surface area (Å²) >= 11 is 0. The van der Waals surface area contributed by atoms with Crippen LogP contribution in [0.1, 0.15) is 36.4 Å². The maximum absolute atomic E-state index is 9.69. The van der Waals surface area contributed by atoms with E-state index in [4.69, 9.17) is 0 Å². The van der Waals surface area contributed by atoms with Crippen molar-refractivity contribution in [2.24, 2.45) is 0 Å². The van der Waals surface area contributed by atoms with E-state index in [9.17, 15) is 10.5 Å². The van der Waals surface area contributed by atoms with Crippen molar-refractivity contribution in [2.75, 3.05) is 5.32 Å². The fraction of sp³-hybridized carbons (Fsp3) is 0.148. The fourth-order valence-corrected chi connectivity index (χ4v) is 3.56. The highest BCUT2D eigenvalue weighted by atomic mass is 14.9. The normalized spacial score (nSPS) is 10.9. The molecular weight excluding hydrogens is 422 g/mol. The summed E-state index contributed by atoms with van der Waals surface area (Å²) in [5.41, 5.74) is 6.69. The lowest BCUT2D eigenvalue weighted by Crippen LogP contribution is -2.16. The molecule has 0 aromatic carbocycles. The van der Waals surface area contributed by atoms with Crippen LogP contribution in [0.5, 0.6) is 0 Å². The first-order valence-corrected chi connectivity index (χ1v) is 10.7. The molecule has 0 aliphatic rings. The number of pyridine rings is 3. The molecule has 0 saturated carbocycles. The Morgan fingerprint density at radius 1 is 1.06 bits per heavy atom. The Labute approximate surface area is 198 Å². The first-order chi connectivity index (χ1) is 16.3. The van der Waals surface area contributed by atoms with Crippen LogP contribution < -0.4 is 5.32 Å². The van der Waals surface area contributed by atoms with Gasteiger partial charge in [0.1, 0.15) is 6.07 Å². The number of nitrogens with zero attached hydrogens (tertiary/aromatic N) is 5. The van der Waals surface area contributed by atoms with E-state index in [1.165, 1.54) is 0 Å². The molecule has 4 aromatic heterocycles. The third kappa shape index (κ3) is 4.41. The van der Waals surface area contributed by atoms with Crippen LogP contribution in [0.4, 0.5) is 5.69 Å². The van der Waals surface area contributed by atoms with E-state index in [2.05, 4.69) is 44.0 Å². The maximum atomic E-state index is 9.69. The Bertz CT molecular complexity index is 1450. The highest BCUT2D eigenvalue weighted by Gasteiger charge is 2.22. The largest absolute Gasteiger partial charge is 0.367 e. The van der Waals surface area contributed by atoms with E-state index >= 15 is 0 Å². The van der Waals surface area contributed by atoms with Crippen molar-refractivity contribution in [1.82, 2.24) is 19.9 Å². The molecule has 166 valence electrons. The molecule has 34 heavy (non-hydrogen) atoms. The number of aromatic nitrogens is 4. The molecule has 7 heteroatoms. The van der Waals surface area contributed by atoms with Crippen LogP contribution in [0, 0.1) is 29.6 Å². The summed E-state index contributed by atoms with van der Waals surface area (Å²) in [6.45, 7) is 9.73. The van der Waals surface area contributed by atoms with Crippen LogP contribution in [0.3, 0.4) is 0 Å². The molecule has 0 unspecified atom stereocenters. The molecule has 0 aliphatic heterocycles. The molecule has 0 bridgehead atoms. The van der Waals surface area contributed by atoms with Gasteiger partial charge >= 0.3 is 0 Å². The highest BCUT2D eigenvalue weighted by Crippen LogP contribution is 2.30. The molecule has 0 spiro atoms. The van der Waals surface area contributed by atoms with E-state index < -0.39 is 5.41 Å². The number of rotatable bonds is 6. The number of H-pyrrole nitrogens is 1. The zero-order valence-electron chi connectivity index (χ0n) is 19.2. The number of aryl methyl sites for hydroxylation is 1. The van der Waals surface area contributed by atoms with E-state index in [-0.39, 0.29) is 0 Å². The Kier molecular flexibility index (Phi) is 5.95. The summed E-state index contributed by atoms with van der Waals surface area (Å²) in [4.78, 5) is 16.4. The van der Waals surface area contributed by atoms with Crippen molar-refractivity contribution in [3.63, 3.8) is 0 Å². The summed E-state index contributed by atoms with van der Waals surface area (Å²) in [6, 6.07) is 13.9. The molecule has 4 aromatic rings. The van der Waals surface area contributed by atoms with Crippen molar-refractivity contribution in [2.45, 2.75) is 26.2 Å². The lowest BCUT2D eigenvalue weighted by atomic mass is 9.90. The molecule has 0 fully saturated rings. The molecule has 0 radical (unpaired) electrons. The topological polar surface area (TPSA) is 114 Å². The summed E-state index contributed by atoms with van der Waals surface area (Å²) in [5, 5.41) is 22.4. The van der Waals surface area contributed by atoms with Crippen molar-refractivity contribution in [3.8, 4) is 34.5 Å². The van der Waals surface area contributed by atoms with Crippen LogP contribution in [-0.4, -0.2) is 19.9 Å². The Hall–Kier alpha value is -4.75. The minimum Gasteiger partial charge on any atom is -0.367 e. The molecule has 4 heterocycles. The van der Waals surface area contributed by atoms with E-state index in [0.717, 1.165) is 33.6 Å². The Balaban J connectivity index is 1.64. The molecule has 0 atom stereocenters. The van der Waals surface area contributed by atoms with Gasteiger partial charge in [0.2, 0.25) is 0 Å². The monoisotopic (exact) mass is 445 g/mol. The smallest absolute Gasteiger partial charge is 0.101 e. The summed E-state index contributed by atoms with van der Waals surface area (Å²) in [7, 11) is 0. The Morgan fingerprint density at radius 2 is 1.88 bits per heavy atom. The second-order valence-electron chi connectivity index (χ2n) is 8.46. The van der Waals surface area contributed by atoms with Crippen LogP contribution in [0.25, 0.3) is 28.1 Å². The predicted octanol–water partition coefficient (Wildman–Crippen LogP) is 5.60. The number of hydrogen-bond acceptors (Lipinski definition) is 6. The van der Waals surface area contributed by atoms with Gasteiger partial charge in [-0.25, -0.2) is 0 Å². The summed E-state index contributed by atoms with van der Waals surface area (Å²) < 4.78 is 0. The number of aromatic amines is 1. The average molecular weight is 446 g/mol. The number of nitrogens with one attached hydrogen (secondary N) is 2. The van der Waals surface area contributed by atoms with Gasteiger partial charge in [-0.05, 0) is 51.1 Å². The van der Waals surface area contributed by atoms with Gasteiger partial charge in [-0.2, -0.15) is 10.5 Å². The molecule has 0 amide bonds. The molecular formula is C27H23N7. The van der Waals surface area contributed by atoms with Crippen molar-refractivity contribution >= 4 is 11.4 Å². The second kappa shape index (κ2) is 9.01. The van der Waals surface area contributed by atoms with E-state index in [1.54, 1.807) is 24.8 Å². The molecule has 0 saturated heterocycles. The van der Waals surface area contributed by atoms with Crippen LogP contribution in [0.2, 0.25) is 0 Å². The van der Waals surface area contributed by atoms with Gasteiger partial charge in [0.25, 0.3) is 0 Å². The van der Waals surface area contributed by atoms with Crippen molar-refractivity contribution in [1.29, 1.82) is 10.5 Å². The Morgan fingerprint density at radius 3 is 2.59 bits per heavy atom. The number of anilines is 1. The van der Waals surface area contributed by atoms with Crippen LogP contribution >= 0.6 is 0 Å². The van der Waals surface area contributed by atoms with Gasteiger partial charge < -0.3 is 10.3 Å². The zero-order valence-corrected chi connectivity index (χ0v) is 19.2. The summed E-state index contributed by atoms with van der Waals surface area (Å²) in [5.74, 6) is 0.